The maximum atomic E-state index is 14.1. The number of aliphatic hydroxyl groups is 1. The Balaban J connectivity index is 0.000000216. The molecule has 1 aromatic heterocycles. The van der Waals surface area contributed by atoms with Gasteiger partial charge in [0.1, 0.15) is 11.5 Å². The molecule has 4 rings (SSSR count). The van der Waals surface area contributed by atoms with E-state index in [4.69, 9.17) is 5.73 Å². The van der Waals surface area contributed by atoms with Gasteiger partial charge in [-0.1, -0.05) is 19.3 Å². The third-order valence-electron chi connectivity index (χ3n) is 6.02. The van der Waals surface area contributed by atoms with Crippen LogP contribution < -0.4 is 10.6 Å². The van der Waals surface area contributed by atoms with E-state index in [1.54, 1.807) is 11.0 Å². The van der Waals surface area contributed by atoms with Crippen molar-refractivity contribution in [2.24, 2.45) is 11.7 Å². The average Bonchev–Trinajstić information content (AvgIpc) is 2.65. The Morgan fingerprint density at radius 3 is 2.37 bits per heavy atom. The summed E-state index contributed by atoms with van der Waals surface area (Å²) >= 11 is 0. The van der Waals surface area contributed by atoms with E-state index < -0.39 is 23.0 Å². The maximum absolute atomic E-state index is 14.1. The molecule has 2 heterocycles. The molecule has 1 aromatic carbocycles. The topological polar surface area (TPSA) is 79.4 Å². The number of fused-ring (bicyclic) bond motifs is 1. The lowest BCUT2D eigenvalue weighted by molar-refractivity contribution is 0.000829. The molecule has 7 heteroatoms. The van der Waals surface area contributed by atoms with Crippen LogP contribution in [0.4, 0.5) is 14.5 Å². The number of primary amides is 1. The molecule has 2 fully saturated rings. The smallest absolute Gasteiger partial charge is 0.250 e. The van der Waals surface area contributed by atoms with E-state index in [0.29, 0.717) is 22.5 Å². The summed E-state index contributed by atoms with van der Waals surface area (Å²) in [5.41, 5.74) is 4.55. The van der Waals surface area contributed by atoms with Gasteiger partial charge in [0.2, 0.25) is 5.91 Å². The maximum Gasteiger partial charge on any atom is 0.250 e. The fourth-order valence-corrected chi connectivity index (χ4v) is 4.24. The van der Waals surface area contributed by atoms with Gasteiger partial charge in [0.05, 0.1) is 35.5 Å². The van der Waals surface area contributed by atoms with Gasteiger partial charge in [0, 0.05) is 11.6 Å². The van der Waals surface area contributed by atoms with Gasteiger partial charge >= 0.3 is 0 Å². The van der Waals surface area contributed by atoms with Crippen LogP contribution in [0.15, 0.2) is 24.4 Å². The number of benzene rings is 1. The summed E-state index contributed by atoms with van der Waals surface area (Å²) in [6, 6.07) is 4.34. The van der Waals surface area contributed by atoms with Crippen molar-refractivity contribution in [3.8, 4) is 0 Å². The highest BCUT2D eigenvalue weighted by atomic mass is 19.1. The highest BCUT2D eigenvalue weighted by Crippen LogP contribution is 2.34. The minimum atomic E-state index is -1.27. The SMILES string of the molecule is CC(C)(O)C1CCCCC1.CC1(F)CN(c2cc3ncc(C(N)=O)cc3cc2F)C1. The highest BCUT2D eigenvalue weighted by Gasteiger charge is 2.40. The summed E-state index contributed by atoms with van der Waals surface area (Å²) in [7, 11) is 0. The van der Waals surface area contributed by atoms with Gasteiger partial charge in [-0.2, -0.15) is 0 Å². The second-order valence-electron chi connectivity index (χ2n) is 9.34. The van der Waals surface area contributed by atoms with Gasteiger partial charge in [-0.3, -0.25) is 9.78 Å². The molecule has 2 aromatic rings. The van der Waals surface area contributed by atoms with E-state index >= 15 is 0 Å². The number of hydrogen-bond acceptors (Lipinski definition) is 4. The molecule has 2 aliphatic rings. The summed E-state index contributed by atoms with van der Waals surface area (Å²) in [5.74, 6) is -0.516. The Labute approximate surface area is 176 Å². The molecule has 0 atom stereocenters. The number of amides is 1. The molecule has 0 radical (unpaired) electrons. The summed E-state index contributed by atoms with van der Waals surface area (Å²) in [4.78, 5) is 16.8. The molecule has 5 nitrogen and oxygen atoms in total. The van der Waals surface area contributed by atoms with Gasteiger partial charge in [0.25, 0.3) is 0 Å². The normalized spacial score (nSPS) is 19.1. The van der Waals surface area contributed by atoms with Crippen molar-refractivity contribution in [2.45, 2.75) is 64.1 Å². The average molecular weight is 420 g/mol. The minimum Gasteiger partial charge on any atom is -0.390 e. The van der Waals surface area contributed by atoms with Crippen molar-refractivity contribution in [2.75, 3.05) is 18.0 Å². The Morgan fingerprint density at radius 1 is 1.23 bits per heavy atom. The summed E-state index contributed by atoms with van der Waals surface area (Å²) in [6.07, 6.45) is 7.80. The highest BCUT2D eigenvalue weighted by molar-refractivity contribution is 5.96. The molecule has 0 unspecified atom stereocenters. The first-order valence-electron chi connectivity index (χ1n) is 10.5. The van der Waals surface area contributed by atoms with Crippen molar-refractivity contribution in [3.05, 3.63) is 35.8 Å². The first-order valence-corrected chi connectivity index (χ1v) is 10.5. The zero-order valence-electron chi connectivity index (χ0n) is 17.9. The predicted molar refractivity (Wildman–Crippen MR) is 115 cm³/mol. The van der Waals surface area contributed by atoms with Gasteiger partial charge in [-0.15, -0.1) is 0 Å². The molecule has 1 amide bonds. The number of pyridine rings is 1. The molecule has 30 heavy (non-hydrogen) atoms. The Kier molecular flexibility index (Phi) is 6.32. The van der Waals surface area contributed by atoms with E-state index in [2.05, 4.69) is 4.98 Å². The molecule has 1 aliphatic heterocycles. The summed E-state index contributed by atoms with van der Waals surface area (Å²) < 4.78 is 27.6. The number of aromatic nitrogens is 1. The summed E-state index contributed by atoms with van der Waals surface area (Å²) in [5, 5.41) is 10.1. The molecular formula is C23H31F2N3O2. The van der Waals surface area contributed by atoms with Gasteiger partial charge in [0.15, 0.2) is 0 Å². The first-order chi connectivity index (χ1) is 14.0. The third-order valence-corrected chi connectivity index (χ3v) is 6.02. The minimum absolute atomic E-state index is 0.162. The predicted octanol–water partition coefficient (Wildman–Crippen LogP) is 4.36. The van der Waals surface area contributed by atoms with E-state index in [-0.39, 0.29) is 18.7 Å². The van der Waals surface area contributed by atoms with E-state index in [1.165, 1.54) is 57.4 Å². The second kappa shape index (κ2) is 8.46. The quantitative estimate of drug-likeness (QED) is 0.775. The van der Waals surface area contributed by atoms with Crippen LogP contribution in [0.2, 0.25) is 0 Å². The number of nitrogens with zero attached hydrogens (tertiary/aromatic N) is 2. The largest absolute Gasteiger partial charge is 0.390 e. The molecule has 3 N–H and O–H groups in total. The van der Waals surface area contributed by atoms with Crippen LogP contribution >= 0.6 is 0 Å². The van der Waals surface area contributed by atoms with Crippen molar-refractivity contribution >= 4 is 22.5 Å². The number of nitrogens with two attached hydrogens (primary N) is 1. The number of hydrogen-bond donors (Lipinski definition) is 2. The number of halogens is 2. The lowest BCUT2D eigenvalue weighted by Gasteiger charge is -2.43. The van der Waals surface area contributed by atoms with E-state index in [9.17, 15) is 18.7 Å². The van der Waals surface area contributed by atoms with Crippen LogP contribution in [0.1, 0.15) is 63.2 Å². The van der Waals surface area contributed by atoms with Crippen molar-refractivity contribution in [3.63, 3.8) is 0 Å². The third kappa shape index (κ3) is 5.25. The number of rotatable bonds is 3. The van der Waals surface area contributed by atoms with Crippen LogP contribution in [0, 0.1) is 11.7 Å². The van der Waals surface area contributed by atoms with Gasteiger partial charge < -0.3 is 15.7 Å². The molecule has 0 spiro atoms. The van der Waals surface area contributed by atoms with Gasteiger partial charge in [-0.05, 0) is 57.7 Å². The lowest BCUT2D eigenvalue weighted by atomic mass is 9.79. The van der Waals surface area contributed by atoms with Crippen LogP contribution in [-0.4, -0.2) is 40.4 Å². The molecule has 1 saturated carbocycles. The summed E-state index contributed by atoms with van der Waals surface area (Å²) in [6.45, 7) is 5.68. The second-order valence-corrected chi connectivity index (χ2v) is 9.34. The molecular weight excluding hydrogens is 388 g/mol. The van der Waals surface area contributed by atoms with Crippen LogP contribution in [0.25, 0.3) is 10.9 Å². The Bertz CT molecular complexity index is 911. The van der Waals surface area contributed by atoms with Crippen molar-refractivity contribution < 1.29 is 18.7 Å². The van der Waals surface area contributed by atoms with E-state index in [1.807, 2.05) is 13.8 Å². The lowest BCUT2D eigenvalue weighted by Crippen LogP contribution is -2.57. The molecule has 1 aliphatic carbocycles. The van der Waals surface area contributed by atoms with Crippen LogP contribution in [-0.2, 0) is 0 Å². The van der Waals surface area contributed by atoms with Crippen LogP contribution in [0.5, 0.6) is 0 Å². The number of carbonyl (C=O) groups excluding carboxylic acids is 1. The Hall–Kier alpha value is -2.28. The molecule has 0 bridgehead atoms. The van der Waals surface area contributed by atoms with Gasteiger partial charge in [-0.25, -0.2) is 8.78 Å². The number of anilines is 1. The first kappa shape index (κ1) is 22.4. The standard InChI is InChI=1S/C14H13F2N3O.C9H18O/c1-14(16)6-19(7-14)12-4-11-8(3-10(12)15)2-9(5-18-11)13(17)20;1-9(2,10)8-6-4-3-5-7-8/h2-5H,6-7H2,1H3,(H2,17,20);8,10H,3-7H2,1-2H3. The fraction of sp³-hybridized carbons (Fsp3) is 0.565. The zero-order chi connectivity index (χ0) is 22.1. The molecule has 1 saturated heterocycles. The van der Waals surface area contributed by atoms with E-state index in [0.717, 1.165) is 0 Å². The fourth-order valence-electron chi connectivity index (χ4n) is 4.24. The molecule has 164 valence electrons. The number of alkyl halides is 1. The monoisotopic (exact) mass is 419 g/mol. The number of carbonyl (C=O) groups is 1. The van der Waals surface area contributed by atoms with Crippen molar-refractivity contribution in [1.29, 1.82) is 0 Å². The van der Waals surface area contributed by atoms with Crippen LogP contribution in [0.3, 0.4) is 0 Å². The Morgan fingerprint density at radius 2 is 1.87 bits per heavy atom. The zero-order valence-corrected chi connectivity index (χ0v) is 17.9. The van der Waals surface area contributed by atoms with Crippen molar-refractivity contribution in [1.82, 2.24) is 4.98 Å².